The van der Waals surface area contributed by atoms with E-state index in [0.29, 0.717) is 22.8 Å². The lowest BCUT2D eigenvalue weighted by molar-refractivity contribution is 0.0506. The van der Waals surface area contributed by atoms with Crippen molar-refractivity contribution in [3.63, 3.8) is 0 Å². The van der Waals surface area contributed by atoms with Gasteiger partial charge in [0.15, 0.2) is 11.6 Å². The Hall–Kier alpha value is -2.34. The molecule has 1 aliphatic rings. The number of hydrogen-bond acceptors (Lipinski definition) is 3. The SMILES string of the molecule is CC(C)(C)OC(=O)NCC1Cc2cc(-c3cccc(F)c3F)cc(Cl)c2O1. The first-order chi connectivity index (χ1) is 12.6. The van der Waals surface area contributed by atoms with E-state index in [2.05, 4.69) is 5.32 Å². The molecule has 1 N–H and O–H groups in total. The molecule has 0 bridgehead atoms. The van der Waals surface area contributed by atoms with Crippen LogP contribution in [0, 0.1) is 11.6 Å². The number of fused-ring (bicyclic) bond motifs is 1. The number of benzene rings is 2. The van der Waals surface area contributed by atoms with Crippen molar-refractivity contribution in [1.29, 1.82) is 0 Å². The summed E-state index contributed by atoms with van der Waals surface area (Å²) in [6, 6.07) is 7.27. The molecule has 2 aromatic carbocycles. The van der Waals surface area contributed by atoms with E-state index in [1.807, 2.05) is 0 Å². The average molecular weight is 396 g/mol. The molecule has 0 saturated carbocycles. The third kappa shape index (κ3) is 4.50. The Bertz CT molecular complexity index is 880. The number of amides is 1. The maximum atomic E-state index is 14.1. The van der Waals surface area contributed by atoms with Crippen LogP contribution in [0.4, 0.5) is 13.6 Å². The second-order valence-electron chi connectivity index (χ2n) is 7.37. The number of nitrogens with one attached hydrogen (secondary N) is 1. The van der Waals surface area contributed by atoms with E-state index in [-0.39, 0.29) is 18.2 Å². The van der Waals surface area contributed by atoms with Crippen molar-refractivity contribution < 1.29 is 23.0 Å². The highest BCUT2D eigenvalue weighted by Gasteiger charge is 2.27. The van der Waals surface area contributed by atoms with Crippen molar-refractivity contribution in [3.8, 4) is 16.9 Å². The summed E-state index contributed by atoms with van der Waals surface area (Å²) in [5.74, 6) is -1.34. The molecule has 144 valence electrons. The molecular formula is C20H20ClF2NO3. The smallest absolute Gasteiger partial charge is 0.407 e. The summed E-state index contributed by atoms with van der Waals surface area (Å²) in [6.07, 6.45) is -0.372. The summed E-state index contributed by atoms with van der Waals surface area (Å²) >= 11 is 6.28. The molecular weight excluding hydrogens is 376 g/mol. The number of alkyl carbamates (subject to hydrolysis) is 1. The minimum atomic E-state index is -0.921. The zero-order valence-electron chi connectivity index (χ0n) is 15.2. The Balaban J connectivity index is 1.73. The highest BCUT2D eigenvalue weighted by atomic mass is 35.5. The van der Waals surface area contributed by atoms with E-state index in [1.54, 1.807) is 32.9 Å². The fourth-order valence-electron chi connectivity index (χ4n) is 2.90. The van der Waals surface area contributed by atoms with Crippen LogP contribution in [-0.4, -0.2) is 24.3 Å². The summed E-state index contributed by atoms with van der Waals surface area (Å²) in [6.45, 7) is 5.58. The molecule has 0 aromatic heterocycles. The van der Waals surface area contributed by atoms with Gasteiger partial charge >= 0.3 is 6.09 Å². The first-order valence-corrected chi connectivity index (χ1v) is 8.92. The van der Waals surface area contributed by atoms with E-state index in [9.17, 15) is 13.6 Å². The second-order valence-corrected chi connectivity index (χ2v) is 7.78. The van der Waals surface area contributed by atoms with E-state index in [0.717, 1.165) is 11.6 Å². The van der Waals surface area contributed by atoms with Crippen LogP contribution in [0.15, 0.2) is 30.3 Å². The zero-order chi connectivity index (χ0) is 19.8. The van der Waals surface area contributed by atoms with Gasteiger partial charge in [-0.15, -0.1) is 0 Å². The molecule has 1 heterocycles. The number of carbonyl (C=O) groups is 1. The third-order valence-corrected chi connectivity index (χ3v) is 4.27. The van der Waals surface area contributed by atoms with Crippen LogP contribution in [0.5, 0.6) is 5.75 Å². The molecule has 0 saturated heterocycles. The van der Waals surface area contributed by atoms with Crippen molar-refractivity contribution in [2.75, 3.05) is 6.54 Å². The van der Waals surface area contributed by atoms with Crippen LogP contribution >= 0.6 is 11.6 Å². The molecule has 1 atom stereocenters. The Kier molecular flexibility index (Phi) is 5.29. The van der Waals surface area contributed by atoms with Crippen molar-refractivity contribution in [1.82, 2.24) is 5.32 Å². The van der Waals surface area contributed by atoms with Crippen LogP contribution < -0.4 is 10.1 Å². The first kappa shape index (κ1) is 19.4. The monoisotopic (exact) mass is 395 g/mol. The van der Waals surface area contributed by atoms with E-state index in [1.165, 1.54) is 12.1 Å². The van der Waals surface area contributed by atoms with Crippen molar-refractivity contribution in [2.45, 2.75) is 38.9 Å². The molecule has 27 heavy (non-hydrogen) atoms. The second kappa shape index (κ2) is 7.35. The summed E-state index contributed by atoms with van der Waals surface area (Å²) in [5.41, 5.74) is 0.795. The zero-order valence-corrected chi connectivity index (χ0v) is 16.0. The number of ether oxygens (including phenoxy) is 2. The molecule has 7 heteroatoms. The Morgan fingerprint density at radius 2 is 2.07 bits per heavy atom. The van der Waals surface area contributed by atoms with Gasteiger partial charge in [-0.3, -0.25) is 0 Å². The van der Waals surface area contributed by atoms with Gasteiger partial charge in [-0.1, -0.05) is 23.7 Å². The van der Waals surface area contributed by atoms with Gasteiger partial charge in [-0.05, 0) is 44.5 Å². The molecule has 0 spiro atoms. The Morgan fingerprint density at radius 3 is 2.78 bits per heavy atom. The molecule has 4 nitrogen and oxygen atoms in total. The molecule has 2 aromatic rings. The van der Waals surface area contributed by atoms with Crippen molar-refractivity contribution in [2.24, 2.45) is 0 Å². The van der Waals surface area contributed by atoms with Crippen molar-refractivity contribution >= 4 is 17.7 Å². The number of carbonyl (C=O) groups excluding carboxylic acids is 1. The van der Waals surface area contributed by atoms with E-state index in [4.69, 9.17) is 21.1 Å². The van der Waals surface area contributed by atoms with Gasteiger partial charge in [-0.2, -0.15) is 0 Å². The van der Waals surface area contributed by atoms with Gasteiger partial charge in [0.1, 0.15) is 17.5 Å². The summed E-state index contributed by atoms with van der Waals surface area (Å²) < 4.78 is 38.6. The minimum absolute atomic E-state index is 0.134. The average Bonchev–Trinajstić information content (AvgIpc) is 2.97. The van der Waals surface area contributed by atoms with Crippen LogP contribution in [-0.2, 0) is 11.2 Å². The quantitative estimate of drug-likeness (QED) is 0.785. The fourth-order valence-corrected chi connectivity index (χ4v) is 3.18. The number of hydrogen-bond donors (Lipinski definition) is 1. The lowest BCUT2D eigenvalue weighted by Crippen LogP contribution is -2.38. The van der Waals surface area contributed by atoms with E-state index >= 15 is 0 Å². The number of rotatable bonds is 3. The summed E-state index contributed by atoms with van der Waals surface area (Å²) in [7, 11) is 0. The minimum Gasteiger partial charge on any atom is -0.486 e. The molecule has 1 aliphatic heterocycles. The normalized spacial score (nSPS) is 15.9. The third-order valence-electron chi connectivity index (χ3n) is 3.99. The molecule has 1 unspecified atom stereocenters. The summed E-state index contributed by atoms with van der Waals surface area (Å²) in [5, 5.41) is 2.97. The van der Waals surface area contributed by atoms with E-state index < -0.39 is 23.3 Å². The van der Waals surface area contributed by atoms with Crippen LogP contribution in [0.1, 0.15) is 26.3 Å². The Labute approximate surface area is 161 Å². The molecule has 0 aliphatic carbocycles. The van der Waals surface area contributed by atoms with Crippen LogP contribution in [0.2, 0.25) is 5.02 Å². The van der Waals surface area contributed by atoms with Gasteiger partial charge in [0.05, 0.1) is 11.6 Å². The predicted molar refractivity (Wildman–Crippen MR) is 99.2 cm³/mol. The Morgan fingerprint density at radius 1 is 1.33 bits per heavy atom. The highest BCUT2D eigenvalue weighted by molar-refractivity contribution is 6.32. The fraction of sp³-hybridized carbons (Fsp3) is 0.350. The predicted octanol–water partition coefficient (Wildman–Crippen LogP) is 5.11. The molecule has 0 radical (unpaired) electrons. The molecule has 0 fully saturated rings. The van der Waals surface area contributed by atoms with Crippen molar-refractivity contribution in [3.05, 3.63) is 52.6 Å². The van der Waals surface area contributed by atoms with Crippen LogP contribution in [0.25, 0.3) is 11.1 Å². The van der Waals surface area contributed by atoms with Gasteiger partial charge in [0, 0.05) is 17.5 Å². The molecule has 1 amide bonds. The maximum Gasteiger partial charge on any atom is 0.407 e. The first-order valence-electron chi connectivity index (χ1n) is 8.54. The van der Waals surface area contributed by atoms with Gasteiger partial charge < -0.3 is 14.8 Å². The maximum absolute atomic E-state index is 14.1. The molecule has 3 rings (SSSR count). The van der Waals surface area contributed by atoms with Gasteiger partial charge in [0.25, 0.3) is 0 Å². The topological polar surface area (TPSA) is 47.6 Å². The largest absolute Gasteiger partial charge is 0.486 e. The van der Waals surface area contributed by atoms with Gasteiger partial charge in [0.2, 0.25) is 0 Å². The summed E-state index contributed by atoms with van der Waals surface area (Å²) in [4.78, 5) is 11.8. The number of halogens is 3. The lowest BCUT2D eigenvalue weighted by Gasteiger charge is -2.20. The van der Waals surface area contributed by atoms with Gasteiger partial charge in [-0.25, -0.2) is 13.6 Å². The standard InChI is InChI=1S/C20H20ClF2NO3/c1-20(2,3)27-19(25)24-10-13-8-12-7-11(9-15(21)18(12)26-13)14-5-4-6-16(22)17(14)23/h4-7,9,13H,8,10H2,1-3H3,(H,24,25). The lowest BCUT2D eigenvalue weighted by atomic mass is 10.0. The van der Waals surface area contributed by atoms with Crippen LogP contribution in [0.3, 0.4) is 0 Å². The highest BCUT2D eigenvalue weighted by Crippen LogP contribution is 2.40.